The van der Waals surface area contributed by atoms with Gasteiger partial charge in [-0.15, -0.1) is 0 Å². The topological polar surface area (TPSA) is 42.0 Å². The van der Waals surface area contributed by atoms with Crippen molar-refractivity contribution in [1.82, 2.24) is 4.98 Å². The Morgan fingerprint density at radius 1 is 1.37 bits per heavy atom. The monoisotopic (exact) mass is 276 g/mol. The van der Waals surface area contributed by atoms with Crippen molar-refractivity contribution < 1.29 is 9.18 Å². The smallest absolute Gasteiger partial charge is 0.248 e. The quantitative estimate of drug-likeness (QED) is 0.872. The molecule has 5 heteroatoms. The first-order chi connectivity index (χ1) is 9.15. The summed E-state index contributed by atoms with van der Waals surface area (Å²) in [5, 5.41) is 2.77. The van der Waals surface area contributed by atoms with Crippen LogP contribution in [-0.4, -0.2) is 10.9 Å². The summed E-state index contributed by atoms with van der Waals surface area (Å²) in [6.07, 6.45) is 6.14. The van der Waals surface area contributed by atoms with E-state index in [2.05, 4.69) is 10.3 Å². The minimum Gasteiger partial charge on any atom is -0.320 e. The number of carbonyl (C=O) groups excluding carboxylic acids is 1. The number of nitrogens with one attached hydrogen (secondary N) is 1. The molecule has 0 spiro atoms. The molecule has 1 aromatic heterocycles. The minimum atomic E-state index is -0.535. The number of carbonyl (C=O) groups is 1. The summed E-state index contributed by atoms with van der Waals surface area (Å²) in [4.78, 5) is 15.5. The molecule has 0 fully saturated rings. The Hall–Kier alpha value is -2.20. The molecular weight excluding hydrogens is 267 g/mol. The van der Waals surface area contributed by atoms with Crippen molar-refractivity contribution in [2.75, 3.05) is 5.32 Å². The third-order valence-corrected chi connectivity index (χ3v) is 2.53. The van der Waals surface area contributed by atoms with Crippen LogP contribution in [0.15, 0.2) is 48.8 Å². The molecular formula is C14H10ClFN2O. The lowest BCUT2D eigenvalue weighted by Gasteiger charge is -2.04. The van der Waals surface area contributed by atoms with Gasteiger partial charge in [-0.1, -0.05) is 17.7 Å². The first-order valence-electron chi connectivity index (χ1n) is 5.49. The van der Waals surface area contributed by atoms with E-state index in [9.17, 15) is 9.18 Å². The lowest BCUT2D eigenvalue weighted by Crippen LogP contribution is -2.09. The SMILES string of the molecule is O=C(C=Cc1cccnc1)Nc1cc(Cl)ccc1F. The van der Waals surface area contributed by atoms with Crippen molar-refractivity contribution in [3.63, 3.8) is 0 Å². The Morgan fingerprint density at radius 2 is 2.21 bits per heavy atom. The lowest BCUT2D eigenvalue weighted by molar-refractivity contribution is -0.111. The molecule has 1 N–H and O–H groups in total. The molecule has 0 saturated carbocycles. The van der Waals surface area contributed by atoms with Gasteiger partial charge in [-0.05, 0) is 35.9 Å². The summed E-state index contributed by atoms with van der Waals surface area (Å²) in [7, 11) is 0. The largest absolute Gasteiger partial charge is 0.320 e. The molecule has 19 heavy (non-hydrogen) atoms. The van der Waals surface area contributed by atoms with Crippen LogP contribution in [0.4, 0.5) is 10.1 Å². The maximum Gasteiger partial charge on any atom is 0.248 e. The summed E-state index contributed by atoms with van der Waals surface area (Å²) >= 11 is 5.73. The zero-order valence-electron chi connectivity index (χ0n) is 9.81. The van der Waals surface area contributed by atoms with Crippen LogP contribution in [-0.2, 0) is 4.79 Å². The molecule has 0 radical (unpaired) electrons. The highest BCUT2D eigenvalue weighted by molar-refractivity contribution is 6.30. The predicted octanol–water partition coefficient (Wildman–Crippen LogP) is 3.53. The molecule has 1 aromatic carbocycles. The number of amides is 1. The number of rotatable bonds is 3. The second kappa shape index (κ2) is 6.11. The minimum absolute atomic E-state index is 0.0494. The zero-order valence-corrected chi connectivity index (χ0v) is 10.6. The molecule has 3 nitrogen and oxygen atoms in total. The van der Waals surface area contributed by atoms with Gasteiger partial charge in [0.15, 0.2) is 0 Å². The van der Waals surface area contributed by atoms with Crippen LogP contribution in [0.25, 0.3) is 6.08 Å². The molecule has 2 aromatic rings. The summed E-state index contributed by atoms with van der Waals surface area (Å²) in [6, 6.07) is 7.53. The second-order valence-corrected chi connectivity index (χ2v) is 4.17. The Labute approximate surface area is 114 Å². The number of aromatic nitrogens is 1. The first kappa shape index (κ1) is 13.2. The maximum atomic E-state index is 13.4. The van der Waals surface area contributed by atoms with Gasteiger partial charge in [0.25, 0.3) is 0 Å². The number of nitrogens with zero attached hydrogens (tertiary/aromatic N) is 1. The Morgan fingerprint density at radius 3 is 2.95 bits per heavy atom. The lowest BCUT2D eigenvalue weighted by atomic mass is 10.2. The van der Waals surface area contributed by atoms with E-state index in [1.807, 2.05) is 0 Å². The van der Waals surface area contributed by atoms with E-state index in [0.717, 1.165) is 5.56 Å². The van der Waals surface area contributed by atoms with Crippen LogP contribution in [0.1, 0.15) is 5.56 Å². The van der Waals surface area contributed by atoms with Crippen molar-refractivity contribution in [3.8, 4) is 0 Å². The Bertz CT molecular complexity index is 614. The maximum absolute atomic E-state index is 13.4. The van der Waals surface area contributed by atoms with Crippen molar-refractivity contribution >= 4 is 29.3 Å². The molecule has 1 heterocycles. The van der Waals surface area contributed by atoms with Gasteiger partial charge in [0.05, 0.1) is 5.69 Å². The van der Waals surface area contributed by atoms with E-state index in [-0.39, 0.29) is 5.69 Å². The standard InChI is InChI=1S/C14H10ClFN2O/c15-11-4-5-12(16)13(8-11)18-14(19)6-3-10-2-1-7-17-9-10/h1-9H,(H,18,19). The van der Waals surface area contributed by atoms with Gasteiger partial charge in [-0.25, -0.2) is 4.39 Å². The van der Waals surface area contributed by atoms with E-state index in [1.54, 1.807) is 30.6 Å². The number of hydrogen-bond donors (Lipinski definition) is 1. The van der Waals surface area contributed by atoms with Crippen molar-refractivity contribution in [2.24, 2.45) is 0 Å². The molecule has 0 aliphatic heterocycles. The van der Waals surface area contributed by atoms with Gasteiger partial charge < -0.3 is 5.32 Å². The van der Waals surface area contributed by atoms with Crippen LogP contribution < -0.4 is 5.32 Å². The third-order valence-electron chi connectivity index (χ3n) is 2.30. The van der Waals surface area contributed by atoms with Gasteiger partial charge in [0, 0.05) is 23.5 Å². The molecule has 0 aliphatic carbocycles. The molecule has 2 rings (SSSR count). The van der Waals surface area contributed by atoms with Crippen molar-refractivity contribution in [2.45, 2.75) is 0 Å². The van der Waals surface area contributed by atoms with Crippen LogP contribution >= 0.6 is 11.6 Å². The molecule has 0 atom stereocenters. The van der Waals surface area contributed by atoms with Gasteiger partial charge in [-0.2, -0.15) is 0 Å². The fourth-order valence-corrected chi connectivity index (χ4v) is 1.59. The summed E-state index contributed by atoms with van der Waals surface area (Å²) < 4.78 is 13.4. The molecule has 0 saturated heterocycles. The van der Waals surface area contributed by atoms with Crippen molar-refractivity contribution in [3.05, 3.63) is 65.2 Å². The van der Waals surface area contributed by atoms with Crippen LogP contribution in [0.2, 0.25) is 5.02 Å². The molecule has 1 amide bonds. The number of halogens is 2. The highest BCUT2D eigenvalue weighted by atomic mass is 35.5. The van der Waals surface area contributed by atoms with E-state index in [0.29, 0.717) is 5.02 Å². The third kappa shape index (κ3) is 3.89. The average molecular weight is 277 g/mol. The Balaban J connectivity index is 2.06. The van der Waals surface area contributed by atoms with E-state index in [4.69, 9.17) is 11.6 Å². The number of hydrogen-bond acceptors (Lipinski definition) is 2. The number of pyridine rings is 1. The number of benzene rings is 1. The zero-order chi connectivity index (χ0) is 13.7. The highest BCUT2D eigenvalue weighted by Crippen LogP contribution is 2.19. The average Bonchev–Trinajstić information content (AvgIpc) is 2.42. The van der Waals surface area contributed by atoms with Crippen LogP contribution in [0.5, 0.6) is 0 Å². The fourth-order valence-electron chi connectivity index (χ4n) is 1.41. The fraction of sp³-hybridized carbons (Fsp3) is 0. The van der Waals surface area contributed by atoms with Gasteiger partial charge in [0.1, 0.15) is 5.82 Å². The second-order valence-electron chi connectivity index (χ2n) is 3.73. The van der Waals surface area contributed by atoms with E-state index < -0.39 is 11.7 Å². The first-order valence-corrected chi connectivity index (χ1v) is 5.87. The summed E-state index contributed by atoms with van der Waals surface area (Å²) in [5.41, 5.74) is 0.831. The van der Waals surface area contributed by atoms with Crippen LogP contribution in [0, 0.1) is 5.82 Å². The van der Waals surface area contributed by atoms with Crippen molar-refractivity contribution in [1.29, 1.82) is 0 Å². The normalized spacial score (nSPS) is 10.6. The predicted molar refractivity (Wildman–Crippen MR) is 73.3 cm³/mol. The molecule has 0 bridgehead atoms. The molecule has 0 aliphatic rings. The van der Waals surface area contributed by atoms with Gasteiger partial charge in [0.2, 0.25) is 5.91 Å². The Kier molecular flexibility index (Phi) is 4.26. The molecule has 96 valence electrons. The molecule has 0 unspecified atom stereocenters. The number of anilines is 1. The summed E-state index contributed by atoms with van der Waals surface area (Å²) in [6.45, 7) is 0. The van der Waals surface area contributed by atoms with Gasteiger partial charge in [-0.3, -0.25) is 9.78 Å². The van der Waals surface area contributed by atoms with E-state index >= 15 is 0 Å². The van der Waals surface area contributed by atoms with Gasteiger partial charge >= 0.3 is 0 Å². The van der Waals surface area contributed by atoms with Crippen LogP contribution in [0.3, 0.4) is 0 Å². The highest BCUT2D eigenvalue weighted by Gasteiger charge is 2.05. The van der Waals surface area contributed by atoms with E-state index in [1.165, 1.54) is 24.3 Å². The summed E-state index contributed by atoms with van der Waals surface area (Å²) in [5.74, 6) is -0.974.